The highest BCUT2D eigenvalue weighted by Gasteiger charge is 2.15. The molecule has 30 heavy (non-hydrogen) atoms. The molecule has 0 saturated carbocycles. The van der Waals surface area contributed by atoms with Gasteiger partial charge in [0.1, 0.15) is 8.11 Å². The molecule has 2 atom stereocenters. The van der Waals surface area contributed by atoms with Crippen molar-refractivity contribution in [3.05, 3.63) is 35.9 Å². The molecule has 0 aliphatic rings. The van der Waals surface area contributed by atoms with E-state index in [9.17, 15) is 0 Å². The van der Waals surface area contributed by atoms with E-state index in [2.05, 4.69) is 44.2 Å². The fraction of sp³-hybridized carbons (Fsp3) is 0.786. The molecule has 0 fully saturated rings. The second-order valence-corrected chi connectivity index (χ2v) is 14.0. The number of rotatable bonds is 21. The van der Waals surface area contributed by atoms with Gasteiger partial charge in [-0.15, -0.1) is 0 Å². The molecule has 0 N–H and O–H groups in total. The van der Waals surface area contributed by atoms with Crippen LogP contribution in [-0.4, -0.2) is 8.11 Å². The molecule has 2 heteroatoms. The summed E-state index contributed by atoms with van der Waals surface area (Å²) in [6.07, 6.45) is 25.5. The van der Waals surface area contributed by atoms with Gasteiger partial charge < -0.3 is 0 Å². The van der Waals surface area contributed by atoms with Crippen molar-refractivity contribution in [1.82, 2.24) is 0 Å². The Hall–Kier alpha value is -0.273. The van der Waals surface area contributed by atoms with Gasteiger partial charge >= 0.3 is 0 Å². The predicted octanol–water partition coefficient (Wildman–Crippen LogP) is 10.2. The van der Waals surface area contributed by atoms with E-state index in [-0.39, 0.29) is 0 Å². The zero-order chi connectivity index (χ0) is 21.7. The van der Waals surface area contributed by atoms with E-state index in [0.717, 1.165) is 5.54 Å². The van der Waals surface area contributed by atoms with Crippen LogP contribution in [0.25, 0.3) is 0 Å². The lowest BCUT2D eigenvalue weighted by molar-refractivity contribution is 0.528. The number of hydrogen-bond acceptors (Lipinski definition) is 0. The van der Waals surface area contributed by atoms with Crippen LogP contribution >= 0.6 is 11.1 Å². The summed E-state index contributed by atoms with van der Waals surface area (Å²) < 4.78 is 0. The third kappa shape index (κ3) is 16.4. The van der Waals surface area contributed by atoms with Gasteiger partial charge in [0.2, 0.25) is 0 Å². The van der Waals surface area contributed by atoms with Crippen molar-refractivity contribution in [1.29, 1.82) is 0 Å². The molecule has 0 aliphatic heterocycles. The van der Waals surface area contributed by atoms with Gasteiger partial charge in [-0.2, -0.15) is 11.1 Å². The van der Waals surface area contributed by atoms with Gasteiger partial charge in [-0.3, -0.25) is 0 Å². The second-order valence-electron chi connectivity index (χ2n) is 9.61. The van der Waals surface area contributed by atoms with Crippen molar-refractivity contribution in [3.8, 4) is 0 Å². The first kappa shape index (κ1) is 27.8. The average molecular weight is 451 g/mol. The lowest BCUT2D eigenvalue weighted by Crippen LogP contribution is -2.11. The zero-order valence-corrected chi connectivity index (χ0v) is 22.3. The Labute approximate surface area is 195 Å². The topological polar surface area (TPSA) is 0 Å². The van der Waals surface area contributed by atoms with E-state index in [0.29, 0.717) is 0 Å². The Bertz CT molecular complexity index is 461. The van der Waals surface area contributed by atoms with Gasteiger partial charge in [-0.25, -0.2) is 0 Å². The van der Waals surface area contributed by atoms with Crippen molar-refractivity contribution >= 4 is 19.2 Å². The van der Waals surface area contributed by atoms with E-state index in [1.807, 2.05) is 0 Å². The molecule has 0 bridgehead atoms. The Balaban J connectivity index is 1.82. The minimum absolute atomic E-state index is 0.796. The Morgan fingerprint density at radius 3 is 1.63 bits per heavy atom. The minimum atomic E-state index is -1.06. The molecule has 0 spiro atoms. The van der Waals surface area contributed by atoms with E-state index in [1.165, 1.54) is 127 Å². The molecular formula is C28H51ClSi. The molecule has 1 aromatic carbocycles. The lowest BCUT2D eigenvalue weighted by Gasteiger charge is -2.16. The molecule has 2 unspecified atom stereocenters. The summed E-state index contributed by atoms with van der Waals surface area (Å²) in [6, 6.07) is 12.2. The molecule has 0 heterocycles. The lowest BCUT2D eigenvalue weighted by atomic mass is 10.0. The molecule has 0 aliphatic carbocycles. The van der Waals surface area contributed by atoms with Gasteiger partial charge in [0.25, 0.3) is 0 Å². The molecule has 0 amide bonds. The maximum atomic E-state index is 6.80. The predicted molar refractivity (Wildman–Crippen MR) is 142 cm³/mol. The molecule has 0 nitrogen and oxygen atoms in total. The second kappa shape index (κ2) is 20.6. The normalized spacial score (nSPS) is 13.4. The largest absolute Gasteiger partial charge is 0.171 e. The van der Waals surface area contributed by atoms with Gasteiger partial charge in [0, 0.05) is 0 Å². The summed E-state index contributed by atoms with van der Waals surface area (Å²) in [7, 11) is -1.06. The van der Waals surface area contributed by atoms with Crippen LogP contribution in [0, 0.1) is 0 Å². The monoisotopic (exact) mass is 450 g/mol. The Morgan fingerprint density at radius 2 is 1.13 bits per heavy atom. The van der Waals surface area contributed by atoms with Gasteiger partial charge in [-0.05, 0) is 23.6 Å². The van der Waals surface area contributed by atoms with Crippen LogP contribution in [0.15, 0.2) is 30.3 Å². The Morgan fingerprint density at radius 1 is 0.667 bits per heavy atom. The first-order valence-electron chi connectivity index (χ1n) is 13.4. The van der Waals surface area contributed by atoms with Crippen molar-refractivity contribution in [2.45, 2.75) is 141 Å². The third-order valence-corrected chi connectivity index (χ3v) is 11.1. The highest BCUT2D eigenvalue weighted by Crippen LogP contribution is 2.25. The molecule has 0 radical (unpaired) electrons. The standard InChI is InChI=1S/C28H51ClSi/c1-3-4-5-6-7-8-9-10-11-12-13-14-15-16-18-22-27(2)30(29)26-21-25-28-23-19-17-20-24-28/h17,19-20,23-24,27,30H,3-16,18,21-22,25-26H2,1-2H3. The molecule has 1 rings (SSSR count). The van der Waals surface area contributed by atoms with Crippen LogP contribution < -0.4 is 0 Å². The number of benzene rings is 1. The van der Waals surface area contributed by atoms with Crippen molar-refractivity contribution in [2.75, 3.05) is 0 Å². The molecule has 0 saturated heterocycles. The van der Waals surface area contributed by atoms with Crippen molar-refractivity contribution in [2.24, 2.45) is 0 Å². The van der Waals surface area contributed by atoms with Crippen molar-refractivity contribution in [3.63, 3.8) is 0 Å². The van der Waals surface area contributed by atoms with Crippen LogP contribution in [0.5, 0.6) is 0 Å². The number of halogens is 1. The molecule has 174 valence electrons. The smallest absolute Gasteiger partial charge is 0.143 e. The van der Waals surface area contributed by atoms with E-state index < -0.39 is 8.11 Å². The van der Waals surface area contributed by atoms with Crippen LogP contribution in [0.3, 0.4) is 0 Å². The SMILES string of the molecule is CCCCCCCCCCCCCCCCCC(C)[SiH](Cl)CCCc1ccccc1. The van der Waals surface area contributed by atoms with Crippen molar-refractivity contribution < 1.29 is 0 Å². The number of hydrogen-bond donors (Lipinski definition) is 0. The maximum Gasteiger partial charge on any atom is 0.143 e. The highest BCUT2D eigenvalue weighted by atomic mass is 35.6. The molecular weight excluding hydrogens is 400 g/mol. The summed E-state index contributed by atoms with van der Waals surface area (Å²) in [4.78, 5) is 0. The number of unbranched alkanes of at least 4 members (excludes halogenated alkanes) is 14. The highest BCUT2D eigenvalue weighted by molar-refractivity contribution is 7.07. The van der Waals surface area contributed by atoms with Gasteiger partial charge in [0.05, 0.1) is 0 Å². The van der Waals surface area contributed by atoms with Gasteiger partial charge in [-0.1, -0.05) is 153 Å². The summed E-state index contributed by atoms with van der Waals surface area (Å²) in [5.41, 5.74) is 2.26. The quantitative estimate of drug-likeness (QED) is 0.0991. The van der Waals surface area contributed by atoms with Crippen LogP contribution in [-0.2, 0) is 6.42 Å². The summed E-state index contributed by atoms with van der Waals surface area (Å²) in [6.45, 7) is 4.71. The summed E-state index contributed by atoms with van der Waals surface area (Å²) in [5, 5.41) is 0. The molecule has 0 aromatic heterocycles. The van der Waals surface area contributed by atoms with E-state index >= 15 is 0 Å². The van der Waals surface area contributed by atoms with Gasteiger partial charge in [0.15, 0.2) is 0 Å². The summed E-state index contributed by atoms with van der Waals surface area (Å²) in [5.74, 6) is 0. The first-order valence-corrected chi connectivity index (χ1v) is 16.6. The fourth-order valence-corrected chi connectivity index (χ4v) is 7.05. The van der Waals surface area contributed by atoms with Crippen LogP contribution in [0.1, 0.15) is 129 Å². The number of aryl methyl sites for hydroxylation is 1. The van der Waals surface area contributed by atoms with Crippen LogP contribution in [0.2, 0.25) is 11.6 Å². The molecule has 1 aromatic rings. The fourth-order valence-electron chi connectivity index (χ4n) is 4.45. The van der Waals surface area contributed by atoms with E-state index in [1.54, 1.807) is 0 Å². The summed E-state index contributed by atoms with van der Waals surface area (Å²) >= 11 is 6.80. The minimum Gasteiger partial charge on any atom is -0.171 e. The first-order chi connectivity index (χ1) is 14.7. The maximum absolute atomic E-state index is 6.80. The third-order valence-electron chi connectivity index (χ3n) is 6.67. The van der Waals surface area contributed by atoms with E-state index in [4.69, 9.17) is 11.1 Å². The van der Waals surface area contributed by atoms with Crippen LogP contribution in [0.4, 0.5) is 0 Å². The Kier molecular flexibility index (Phi) is 19.1. The average Bonchev–Trinajstić information content (AvgIpc) is 2.77. The zero-order valence-electron chi connectivity index (χ0n) is 20.4.